The number of nitrogens with one attached hydrogen (secondary N) is 2. The molecule has 0 spiro atoms. The van der Waals surface area contributed by atoms with Crippen molar-refractivity contribution in [3.63, 3.8) is 0 Å². The Hall–Kier alpha value is -3.35. The van der Waals surface area contributed by atoms with E-state index >= 15 is 0 Å². The lowest BCUT2D eigenvalue weighted by molar-refractivity contribution is -0.142. The van der Waals surface area contributed by atoms with Crippen molar-refractivity contribution in [3.05, 3.63) is 59.7 Å². The number of carboxylic acids is 1. The first kappa shape index (κ1) is 22.3. The van der Waals surface area contributed by atoms with Gasteiger partial charge in [-0.05, 0) is 35.1 Å². The van der Waals surface area contributed by atoms with Crippen LogP contribution in [0, 0.1) is 0 Å². The van der Waals surface area contributed by atoms with Crippen LogP contribution in [0.3, 0.4) is 0 Å². The molecule has 0 heterocycles. The molecule has 1 aliphatic carbocycles. The molecule has 3 rings (SSSR count). The summed E-state index contributed by atoms with van der Waals surface area (Å²) in [5, 5.41) is 14.3. The molecule has 0 aliphatic heterocycles. The minimum Gasteiger partial charge on any atom is -0.480 e. The monoisotopic (exact) mass is 424 g/mol. The van der Waals surface area contributed by atoms with Gasteiger partial charge in [0.2, 0.25) is 5.91 Å². The van der Waals surface area contributed by atoms with Crippen molar-refractivity contribution < 1.29 is 24.2 Å². The summed E-state index contributed by atoms with van der Waals surface area (Å²) in [5.41, 5.74) is 4.47. The SMILES string of the molecule is CCCC(NC(=O)C(CC)NC(=O)OCC1c2ccccc2-c2ccccc21)C(=O)O. The maximum Gasteiger partial charge on any atom is 0.407 e. The molecule has 1 aliphatic rings. The average Bonchev–Trinajstić information content (AvgIpc) is 3.09. The number of hydrogen-bond acceptors (Lipinski definition) is 4. The van der Waals surface area contributed by atoms with Gasteiger partial charge in [-0.2, -0.15) is 0 Å². The van der Waals surface area contributed by atoms with Gasteiger partial charge in [0.05, 0.1) is 0 Å². The van der Waals surface area contributed by atoms with E-state index in [-0.39, 0.29) is 12.5 Å². The van der Waals surface area contributed by atoms with Crippen LogP contribution >= 0.6 is 0 Å². The first-order chi connectivity index (χ1) is 15.0. The van der Waals surface area contributed by atoms with E-state index in [2.05, 4.69) is 22.8 Å². The zero-order valence-electron chi connectivity index (χ0n) is 17.8. The highest BCUT2D eigenvalue weighted by atomic mass is 16.5. The summed E-state index contributed by atoms with van der Waals surface area (Å²) >= 11 is 0. The summed E-state index contributed by atoms with van der Waals surface area (Å²) in [6.07, 6.45) is 0.552. The summed E-state index contributed by atoms with van der Waals surface area (Å²) in [5.74, 6) is -1.70. The highest BCUT2D eigenvalue weighted by molar-refractivity contribution is 5.89. The second kappa shape index (κ2) is 10.1. The molecule has 0 aromatic heterocycles. The summed E-state index contributed by atoms with van der Waals surface area (Å²) in [7, 11) is 0. The lowest BCUT2D eigenvalue weighted by atomic mass is 9.98. The Labute approximate surface area is 181 Å². The highest BCUT2D eigenvalue weighted by Gasteiger charge is 2.30. The standard InChI is InChI=1S/C24H28N2O5/c1-3-9-21(23(28)29)25-22(27)20(4-2)26-24(30)31-14-19-17-12-7-5-10-15(17)16-11-6-8-13-18(16)19/h5-8,10-13,19-21H,3-4,9,14H2,1-2H3,(H,25,27)(H,26,30)(H,28,29). The number of fused-ring (bicyclic) bond motifs is 3. The fourth-order valence-corrected chi connectivity index (χ4v) is 3.95. The Morgan fingerprint density at radius 1 is 0.935 bits per heavy atom. The largest absolute Gasteiger partial charge is 0.480 e. The van der Waals surface area contributed by atoms with Gasteiger partial charge in [0.25, 0.3) is 0 Å². The van der Waals surface area contributed by atoms with Crippen molar-refractivity contribution in [3.8, 4) is 11.1 Å². The van der Waals surface area contributed by atoms with Crippen LogP contribution < -0.4 is 10.6 Å². The molecule has 2 unspecified atom stereocenters. The van der Waals surface area contributed by atoms with Crippen LogP contribution in [0.2, 0.25) is 0 Å². The van der Waals surface area contributed by atoms with Gasteiger partial charge in [-0.15, -0.1) is 0 Å². The predicted octanol–water partition coefficient (Wildman–Crippen LogP) is 3.67. The molecule has 2 aromatic carbocycles. The van der Waals surface area contributed by atoms with E-state index in [9.17, 15) is 19.5 Å². The molecule has 0 fully saturated rings. The second-order valence-corrected chi connectivity index (χ2v) is 7.62. The van der Waals surface area contributed by atoms with Crippen LogP contribution in [0.1, 0.15) is 50.2 Å². The van der Waals surface area contributed by atoms with Gasteiger partial charge in [-0.3, -0.25) is 4.79 Å². The number of benzene rings is 2. The highest BCUT2D eigenvalue weighted by Crippen LogP contribution is 2.44. The second-order valence-electron chi connectivity index (χ2n) is 7.62. The third-order valence-corrected chi connectivity index (χ3v) is 5.55. The molecule has 7 nitrogen and oxygen atoms in total. The number of amides is 2. The zero-order chi connectivity index (χ0) is 22.4. The van der Waals surface area contributed by atoms with E-state index in [1.165, 1.54) is 0 Å². The maximum atomic E-state index is 12.4. The van der Waals surface area contributed by atoms with Gasteiger partial charge in [0, 0.05) is 5.92 Å². The van der Waals surface area contributed by atoms with E-state index in [4.69, 9.17) is 4.74 Å². The number of carboxylic acid groups (broad SMARTS) is 1. The van der Waals surface area contributed by atoms with Gasteiger partial charge >= 0.3 is 12.1 Å². The fraction of sp³-hybridized carbons (Fsp3) is 0.375. The van der Waals surface area contributed by atoms with E-state index in [1.54, 1.807) is 6.92 Å². The first-order valence-electron chi connectivity index (χ1n) is 10.6. The fourth-order valence-electron chi connectivity index (χ4n) is 3.95. The van der Waals surface area contributed by atoms with Gasteiger partial charge < -0.3 is 20.5 Å². The van der Waals surface area contributed by atoms with Crippen LogP contribution in [-0.2, 0) is 14.3 Å². The van der Waals surface area contributed by atoms with Crippen LogP contribution in [0.4, 0.5) is 4.79 Å². The number of hydrogen-bond donors (Lipinski definition) is 3. The van der Waals surface area contributed by atoms with E-state index in [0.717, 1.165) is 22.3 Å². The summed E-state index contributed by atoms with van der Waals surface area (Å²) in [6, 6.07) is 14.2. The van der Waals surface area contributed by atoms with Crippen molar-refractivity contribution in [2.75, 3.05) is 6.61 Å². The smallest absolute Gasteiger partial charge is 0.407 e. The molecule has 0 bridgehead atoms. The minimum atomic E-state index is -1.09. The van der Waals surface area contributed by atoms with Gasteiger partial charge in [-0.25, -0.2) is 9.59 Å². The van der Waals surface area contributed by atoms with Crippen molar-refractivity contribution in [2.24, 2.45) is 0 Å². The molecule has 2 amide bonds. The van der Waals surface area contributed by atoms with Crippen molar-refractivity contribution in [2.45, 2.75) is 51.1 Å². The maximum absolute atomic E-state index is 12.4. The zero-order valence-corrected chi connectivity index (χ0v) is 17.8. The lowest BCUT2D eigenvalue weighted by Crippen LogP contribution is -2.51. The summed E-state index contributed by atoms with van der Waals surface area (Å²) in [6.45, 7) is 3.73. The first-order valence-corrected chi connectivity index (χ1v) is 10.6. The molecule has 2 aromatic rings. The molecule has 31 heavy (non-hydrogen) atoms. The topological polar surface area (TPSA) is 105 Å². The van der Waals surface area contributed by atoms with Crippen molar-refractivity contribution in [1.82, 2.24) is 10.6 Å². The molecular weight excluding hydrogens is 396 g/mol. The van der Waals surface area contributed by atoms with E-state index in [1.807, 2.05) is 43.3 Å². The summed E-state index contributed by atoms with van der Waals surface area (Å²) in [4.78, 5) is 36.1. The minimum absolute atomic E-state index is 0.0759. The van der Waals surface area contributed by atoms with Crippen LogP contribution in [-0.4, -0.2) is 41.8 Å². The quantitative estimate of drug-likeness (QED) is 0.570. The van der Waals surface area contributed by atoms with E-state index in [0.29, 0.717) is 19.3 Å². The number of rotatable bonds is 9. The number of aliphatic carboxylic acids is 1. The van der Waals surface area contributed by atoms with Gasteiger partial charge in [0.1, 0.15) is 18.7 Å². The van der Waals surface area contributed by atoms with Gasteiger partial charge in [-0.1, -0.05) is 68.8 Å². The average molecular weight is 424 g/mol. The molecule has 0 saturated carbocycles. The third kappa shape index (κ3) is 5.05. The van der Waals surface area contributed by atoms with Gasteiger partial charge in [0.15, 0.2) is 0 Å². The molecule has 0 radical (unpaired) electrons. The third-order valence-electron chi connectivity index (χ3n) is 5.55. The predicted molar refractivity (Wildman–Crippen MR) is 117 cm³/mol. The Balaban J connectivity index is 1.62. The van der Waals surface area contributed by atoms with Crippen molar-refractivity contribution in [1.29, 1.82) is 0 Å². The Morgan fingerprint density at radius 3 is 2.03 bits per heavy atom. The molecule has 2 atom stereocenters. The van der Waals surface area contributed by atoms with Crippen LogP contribution in [0.5, 0.6) is 0 Å². The number of carbonyl (C=O) groups is 3. The normalized spacial score (nSPS) is 14.1. The lowest BCUT2D eigenvalue weighted by Gasteiger charge is -2.21. The number of carbonyl (C=O) groups excluding carboxylic acids is 2. The van der Waals surface area contributed by atoms with E-state index < -0.39 is 30.1 Å². The summed E-state index contributed by atoms with van der Waals surface area (Å²) < 4.78 is 5.48. The molecule has 3 N–H and O–H groups in total. The Bertz CT molecular complexity index is 913. The Kier molecular flexibility index (Phi) is 7.28. The van der Waals surface area contributed by atoms with Crippen LogP contribution in [0.15, 0.2) is 48.5 Å². The molecule has 7 heteroatoms. The van der Waals surface area contributed by atoms with Crippen molar-refractivity contribution >= 4 is 18.0 Å². The molecule has 164 valence electrons. The number of ether oxygens (including phenoxy) is 1. The molecule has 0 saturated heterocycles. The number of alkyl carbamates (subject to hydrolysis) is 1. The molecular formula is C24H28N2O5. The van der Waals surface area contributed by atoms with Crippen LogP contribution in [0.25, 0.3) is 11.1 Å². The Morgan fingerprint density at radius 2 is 1.52 bits per heavy atom.